The van der Waals surface area contributed by atoms with Gasteiger partial charge < -0.3 is 15.1 Å². The van der Waals surface area contributed by atoms with Crippen molar-refractivity contribution < 1.29 is 29.2 Å². The van der Waals surface area contributed by atoms with Crippen molar-refractivity contribution >= 4 is 11.9 Å². The average molecular weight is 277 g/mol. The van der Waals surface area contributed by atoms with Gasteiger partial charge in [0.25, 0.3) is 6.29 Å². The standard InChI is InChI=1S/C10H19N3O6/c1-7(18-9(16)10(2,3)4)19-11-13(17)12(5)6-8(14)15/h7H,6H2,1-5H3,(H,14,15)/b13-11-. The van der Waals surface area contributed by atoms with Crippen LogP contribution in [0.5, 0.6) is 0 Å². The summed E-state index contributed by atoms with van der Waals surface area (Å²) in [7, 11) is 1.22. The molecule has 0 bridgehead atoms. The SMILES string of the molecule is CC(O/N=[N+](\[O-])N(C)CC(=O)O)OC(=O)C(C)(C)C. The Kier molecular flexibility index (Phi) is 6.03. The molecule has 0 saturated carbocycles. The molecule has 1 atom stereocenters. The third-order valence-electron chi connectivity index (χ3n) is 1.81. The largest absolute Gasteiger partial charge is 0.569 e. The smallest absolute Gasteiger partial charge is 0.329 e. The van der Waals surface area contributed by atoms with Gasteiger partial charge in [-0.1, -0.05) is 0 Å². The first-order valence-electron chi connectivity index (χ1n) is 5.52. The lowest BCUT2D eigenvalue weighted by Gasteiger charge is -2.18. The number of hydrogen-bond acceptors (Lipinski definition) is 6. The molecule has 0 aromatic heterocycles. The zero-order valence-electron chi connectivity index (χ0n) is 11.6. The summed E-state index contributed by atoms with van der Waals surface area (Å²) in [6, 6.07) is 0. The zero-order valence-corrected chi connectivity index (χ0v) is 11.6. The normalized spacial score (nSPS) is 13.6. The van der Waals surface area contributed by atoms with Crippen LogP contribution in [0.2, 0.25) is 0 Å². The molecular formula is C10H19N3O6. The molecule has 1 unspecified atom stereocenters. The Labute approximate surface area is 110 Å². The minimum atomic E-state index is -1.19. The third-order valence-corrected chi connectivity index (χ3v) is 1.81. The van der Waals surface area contributed by atoms with Crippen molar-refractivity contribution in [3.63, 3.8) is 0 Å². The Morgan fingerprint density at radius 2 is 2.00 bits per heavy atom. The van der Waals surface area contributed by atoms with E-state index in [0.29, 0.717) is 0 Å². The molecule has 9 nitrogen and oxygen atoms in total. The Bertz CT molecular complexity index is 363. The topological polar surface area (TPSA) is 114 Å². The van der Waals surface area contributed by atoms with Crippen LogP contribution in [0, 0.1) is 10.6 Å². The molecule has 1 N–H and O–H groups in total. The minimum absolute atomic E-state index is 0.0461. The van der Waals surface area contributed by atoms with Gasteiger partial charge in [0.05, 0.1) is 17.4 Å². The first-order chi connectivity index (χ1) is 8.54. The fraction of sp³-hybridized carbons (Fsp3) is 0.800. The molecule has 0 rings (SSSR count). The monoisotopic (exact) mass is 277 g/mol. The Balaban J connectivity index is 4.31. The van der Waals surface area contributed by atoms with Crippen molar-refractivity contribution in [3.05, 3.63) is 5.21 Å². The second-order valence-electron chi connectivity index (χ2n) is 4.87. The van der Waals surface area contributed by atoms with Crippen molar-refractivity contribution in [2.75, 3.05) is 13.6 Å². The molecule has 0 fully saturated rings. The molecule has 0 amide bonds. The van der Waals surface area contributed by atoms with Crippen LogP contribution in [0.1, 0.15) is 27.7 Å². The van der Waals surface area contributed by atoms with Gasteiger partial charge in [0.2, 0.25) is 5.28 Å². The molecule has 0 spiro atoms. The predicted octanol–water partition coefficient (Wildman–Crippen LogP) is 0.747. The number of ether oxygens (including phenoxy) is 1. The maximum Gasteiger partial charge on any atom is 0.329 e. The van der Waals surface area contributed by atoms with Crippen molar-refractivity contribution in [2.45, 2.75) is 34.0 Å². The maximum absolute atomic E-state index is 11.5. The fourth-order valence-electron chi connectivity index (χ4n) is 0.774. The first kappa shape index (κ1) is 16.9. The Hall–Kier alpha value is -2.06. The molecule has 0 saturated heterocycles. The van der Waals surface area contributed by atoms with E-state index < -0.39 is 30.2 Å². The third kappa shape index (κ3) is 7.06. The van der Waals surface area contributed by atoms with Gasteiger partial charge in [0.1, 0.15) is 0 Å². The molecule has 0 aliphatic heterocycles. The van der Waals surface area contributed by atoms with Gasteiger partial charge in [-0.2, -0.15) is 0 Å². The van der Waals surface area contributed by atoms with E-state index in [2.05, 4.69) is 10.1 Å². The number of likely N-dealkylation sites (N-methyl/N-ethyl adjacent to an activating group) is 1. The molecule has 110 valence electrons. The van der Waals surface area contributed by atoms with E-state index in [1.54, 1.807) is 20.8 Å². The fourth-order valence-corrected chi connectivity index (χ4v) is 0.774. The van der Waals surface area contributed by atoms with E-state index in [4.69, 9.17) is 9.84 Å². The summed E-state index contributed by atoms with van der Waals surface area (Å²) in [6.07, 6.45) is -1.05. The van der Waals surface area contributed by atoms with Crippen LogP contribution >= 0.6 is 0 Å². The van der Waals surface area contributed by atoms with Gasteiger partial charge >= 0.3 is 11.9 Å². The van der Waals surface area contributed by atoms with Crippen molar-refractivity contribution in [2.24, 2.45) is 10.7 Å². The van der Waals surface area contributed by atoms with Crippen LogP contribution in [0.4, 0.5) is 0 Å². The van der Waals surface area contributed by atoms with Gasteiger partial charge in [0, 0.05) is 6.92 Å². The molecule has 0 aromatic rings. The number of carbonyl (C=O) groups excluding carboxylic acids is 1. The number of rotatable bonds is 6. The van der Waals surface area contributed by atoms with Crippen molar-refractivity contribution in [1.82, 2.24) is 5.01 Å². The van der Waals surface area contributed by atoms with Crippen molar-refractivity contribution in [3.8, 4) is 0 Å². The van der Waals surface area contributed by atoms with Gasteiger partial charge in [-0.05, 0) is 20.8 Å². The highest BCUT2D eigenvalue weighted by molar-refractivity contribution is 5.75. The summed E-state index contributed by atoms with van der Waals surface area (Å²) >= 11 is 0. The first-order valence-corrected chi connectivity index (χ1v) is 5.52. The number of hydrogen-bond donors (Lipinski definition) is 1. The van der Waals surface area contributed by atoms with Crippen LogP contribution in [0.25, 0.3) is 0 Å². The highest BCUT2D eigenvalue weighted by Gasteiger charge is 2.26. The van der Waals surface area contributed by atoms with Crippen LogP contribution in [0.3, 0.4) is 0 Å². The van der Waals surface area contributed by atoms with E-state index >= 15 is 0 Å². The average Bonchev–Trinajstić information content (AvgIpc) is 2.23. The molecule has 0 aromatic carbocycles. The highest BCUT2D eigenvalue weighted by atomic mass is 16.8. The van der Waals surface area contributed by atoms with Crippen LogP contribution in [-0.2, 0) is 19.2 Å². The lowest BCUT2D eigenvalue weighted by molar-refractivity contribution is -0.705. The Morgan fingerprint density at radius 3 is 2.42 bits per heavy atom. The van der Waals surface area contributed by atoms with Crippen LogP contribution < -0.4 is 0 Å². The zero-order chi connectivity index (χ0) is 15.2. The van der Waals surface area contributed by atoms with Crippen molar-refractivity contribution in [1.29, 1.82) is 0 Å². The molecular weight excluding hydrogens is 258 g/mol. The lowest BCUT2D eigenvalue weighted by atomic mass is 9.97. The van der Waals surface area contributed by atoms with E-state index in [0.717, 1.165) is 5.01 Å². The van der Waals surface area contributed by atoms with E-state index in [9.17, 15) is 14.8 Å². The predicted molar refractivity (Wildman–Crippen MR) is 62.4 cm³/mol. The number of carbonyl (C=O) groups is 2. The molecule has 9 heteroatoms. The van der Waals surface area contributed by atoms with E-state index in [1.165, 1.54) is 14.0 Å². The number of carboxylic acid groups (broad SMARTS) is 1. The second kappa shape index (κ2) is 6.76. The van der Waals surface area contributed by atoms with Gasteiger partial charge in [-0.3, -0.25) is 14.4 Å². The summed E-state index contributed by atoms with van der Waals surface area (Å²) in [4.78, 5) is 26.4. The van der Waals surface area contributed by atoms with Gasteiger partial charge in [-0.25, -0.2) is 0 Å². The molecule has 19 heavy (non-hydrogen) atoms. The summed E-state index contributed by atoms with van der Waals surface area (Å²) in [6.45, 7) is 5.85. The summed E-state index contributed by atoms with van der Waals surface area (Å²) in [5, 5.41) is 23.5. The second-order valence-corrected chi connectivity index (χ2v) is 4.87. The Morgan fingerprint density at radius 1 is 1.47 bits per heavy atom. The summed E-state index contributed by atoms with van der Waals surface area (Å²) < 4.78 is 4.87. The number of nitrogens with zero attached hydrogens (tertiary/aromatic N) is 3. The number of carboxylic acids is 1. The number of esters is 1. The summed E-state index contributed by atoms with van der Waals surface area (Å²) in [5.41, 5.74) is -0.700. The quantitative estimate of drug-likeness (QED) is 0.250. The molecule has 0 radical (unpaired) electrons. The number of aliphatic carboxylic acids is 1. The van der Waals surface area contributed by atoms with E-state index in [1.807, 2.05) is 0 Å². The van der Waals surface area contributed by atoms with Gasteiger partial charge in [0.15, 0.2) is 6.54 Å². The van der Waals surface area contributed by atoms with E-state index in [-0.39, 0.29) is 4.97 Å². The van der Waals surface area contributed by atoms with Gasteiger partial charge in [-0.15, -0.1) is 5.01 Å². The molecule has 0 aliphatic rings. The van der Waals surface area contributed by atoms with Crippen LogP contribution in [-0.4, -0.2) is 46.9 Å². The van der Waals surface area contributed by atoms with Crippen LogP contribution in [0.15, 0.2) is 5.28 Å². The summed E-state index contributed by atoms with van der Waals surface area (Å²) in [5.74, 6) is -1.70. The highest BCUT2D eigenvalue weighted by Crippen LogP contribution is 2.16. The minimum Gasteiger partial charge on any atom is -0.569 e. The maximum atomic E-state index is 11.5. The number of hydrazine groups is 1. The lowest BCUT2D eigenvalue weighted by Crippen LogP contribution is -2.32. The molecule has 0 heterocycles. The molecule has 0 aliphatic carbocycles.